The van der Waals surface area contributed by atoms with Gasteiger partial charge in [0.1, 0.15) is 5.82 Å². The van der Waals surface area contributed by atoms with Gasteiger partial charge in [-0.05, 0) is 70.9 Å². The lowest BCUT2D eigenvalue weighted by atomic mass is 10.1. The zero-order valence-electron chi connectivity index (χ0n) is 20.7. The number of aromatic nitrogens is 2. The molecule has 1 aromatic heterocycles. The van der Waals surface area contributed by atoms with Crippen molar-refractivity contribution in [2.45, 2.75) is 51.9 Å². The number of carboxylic acid groups (broad SMARTS) is 1. The molecule has 206 valence electrons. The van der Waals surface area contributed by atoms with Crippen LogP contribution in [-0.2, 0) is 11.0 Å². The summed E-state index contributed by atoms with van der Waals surface area (Å²) in [5, 5.41) is 10.1. The van der Waals surface area contributed by atoms with Crippen molar-refractivity contribution in [1.29, 1.82) is 0 Å². The third kappa shape index (κ3) is 10.4. The fourth-order valence-corrected chi connectivity index (χ4v) is 3.78. The molecule has 2 N–H and O–H groups in total. The highest BCUT2D eigenvalue weighted by Gasteiger charge is 2.38. The number of anilines is 3. The van der Waals surface area contributed by atoms with Crippen molar-refractivity contribution in [3.63, 3.8) is 0 Å². The highest BCUT2D eigenvalue weighted by atomic mass is 19.4. The monoisotopic (exact) mass is 535 g/mol. The van der Waals surface area contributed by atoms with Crippen LogP contribution >= 0.6 is 0 Å². The summed E-state index contributed by atoms with van der Waals surface area (Å²) in [4.78, 5) is 22.5. The molecule has 0 atom stereocenters. The van der Waals surface area contributed by atoms with Crippen molar-refractivity contribution < 1.29 is 36.2 Å². The van der Waals surface area contributed by atoms with Gasteiger partial charge >= 0.3 is 18.3 Å². The van der Waals surface area contributed by atoms with Crippen LogP contribution in [-0.4, -0.2) is 64.8 Å². The van der Waals surface area contributed by atoms with E-state index >= 15 is 0 Å². The predicted molar refractivity (Wildman–Crippen MR) is 128 cm³/mol. The number of hydrogen-bond acceptors (Lipinski definition) is 6. The summed E-state index contributed by atoms with van der Waals surface area (Å²) in [6.45, 7) is 9.08. The second-order valence-corrected chi connectivity index (χ2v) is 8.53. The van der Waals surface area contributed by atoms with Crippen molar-refractivity contribution in [3.8, 4) is 0 Å². The van der Waals surface area contributed by atoms with Gasteiger partial charge in [-0.25, -0.2) is 9.78 Å². The van der Waals surface area contributed by atoms with Crippen LogP contribution in [0, 0.1) is 6.92 Å². The molecular weight excluding hydrogens is 504 g/mol. The number of piperidine rings is 1. The molecule has 1 aromatic carbocycles. The summed E-state index contributed by atoms with van der Waals surface area (Å²) in [5.41, 5.74) is 0.381. The number of carboxylic acids is 1. The number of hydrogen-bond donors (Lipinski definition) is 2. The number of benzene rings is 1. The van der Waals surface area contributed by atoms with Gasteiger partial charge in [0.25, 0.3) is 0 Å². The van der Waals surface area contributed by atoms with Crippen LogP contribution in [0.2, 0.25) is 0 Å². The Labute approximate surface area is 211 Å². The zero-order valence-corrected chi connectivity index (χ0v) is 20.7. The van der Waals surface area contributed by atoms with Gasteiger partial charge in [-0.2, -0.15) is 31.3 Å². The molecule has 3 rings (SSSR count). The summed E-state index contributed by atoms with van der Waals surface area (Å²) in [5.74, 6) is -1.66. The summed E-state index contributed by atoms with van der Waals surface area (Å²) >= 11 is 0. The van der Waals surface area contributed by atoms with Crippen LogP contribution in [0.25, 0.3) is 0 Å². The van der Waals surface area contributed by atoms with Crippen molar-refractivity contribution >= 4 is 23.4 Å². The molecule has 1 fully saturated rings. The van der Waals surface area contributed by atoms with Crippen LogP contribution in [0.5, 0.6) is 0 Å². The van der Waals surface area contributed by atoms with Crippen LogP contribution < -0.4 is 10.2 Å². The molecule has 13 heteroatoms. The number of aliphatic carboxylic acids is 1. The minimum Gasteiger partial charge on any atom is -0.475 e. The average molecular weight is 536 g/mol. The lowest BCUT2D eigenvalue weighted by Crippen LogP contribution is -2.33. The van der Waals surface area contributed by atoms with Gasteiger partial charge in [0.05, 0.1) is 5.56 Å². The van der Waals surface area contributed by atoms with E-state index in [2.05, 4.69) is 32.0 Å². The summed E-state index contributed by atoms with van der Waals surface area (Å²) in [7, 11) is 0. The largest absolute Gasteiger partial charge is 0.490 e. The number of halogens is 6. The number of carbonyl (C=O) groups is 1. The first-order valence-corrected chi connectivity index (χ1v) is 11.9. The minimum absolute atomic E-state index is 0.304. The maximum Gasteiger partial charge on any atom is 0.490 e. The van der Waals surface area contributed by atoms with Gasteiger partial charge in [0.15, 0.2) is 0 Å². The third-order valence-electron chi connectivity index (χ3n) is 5.59. The van der Waals surface area contributed by atoms with Crippen molar-refractivity contribution in [3.05, 3.63) is 41.6 Å². The van der Waals surface area contributed by atoms with E-state index in [4.69, 9.17) is 9.90 Å². The van der Waals surface area contributed by atoms with E-state index in [9.17, 15) is 26.3 Å². The Hall–Kier alpha value is -3.09. The second kappa shape index (κ2) is 13.5. The van der Waals surface area contributed by atoms with Crippen LogP contribution in [0.4, 0.5) is 43.8 Å². The number of rotatable bonds is 8. The number of nitrogens with zero attached hydrogens (tertiary/aromatic N) is 4. The SMILES string of the molecule is CCN(CCCN1CCCCC1)c1cc(C)nc(Nc2cccc(C(F)(F)F)c2)n1.O=C(O)C(F)(F)F. The van der Waals surface area contributed by atoms with E-state index in [-0.39, 0.29) is 0 Å². The van der Waals surface area contributed by atoms with E-state index in [0.717, 1.165) is 49.7 Å². The lowest BCUT2D eigenvalue weighted by Gasteiger charge is -2.28. The Morgan fingerprint density at radius 3 is 2.30 bits per heavy atom. The topological polar surface area (TPSA) is 81.6 Å². The Kier molecular flexibility index (Phi) is 11.0. The Bertz CT molecular complexity index is 1010. The van der Waals surface area contributed by atoms with E-state index in [0.29, 0.717) is 11.6 Å². The molecular formula is C24H31F6N5O2. The minimum atomic E-state index is -5.08. The second-order valence-electron chi connectivity index (χ2n) is 8.53. The van der Waals surface area contributed by atoms with Gasteiger partial charge in [-0.3, -0.25) is 0 Å². The average Bonchev–Trinajstić information content (AvgIpc) is 2.81. The molecule has 37 heavy (non-hydrogen) atoms. The summed E-state index contributed by atoms with van der Waals surface area (Å²) in [6.07, 6.45) is -4.52. The fourth-order valence-electron chi connectivity index (χ4n) is 3.78. The molecule has 0 radical (unpaired) electrons. The predicted octanol–water partition coefficient (Wildman–Crippen LogP) is 5.88. The molecule has 2 heterocycles. The number of aryl methyl sites for hydroxylation is 1. The zero-order chi connectivity index (χ0) is 27.6. The lowest BCUT2D eigenvalue weighted by molar-refractivity contribution is -0.192. The number of nitrogens with one attached hydrogen (secondary N) is 1. The van der Waals surface area contributed by atoms with Crippen LogP contribution in [0.3, 0.4) is 0 Å². The van der Waals surface area contributed by atoms with Crippen LogP contribution in [0.1, 0.15) is 43.9 Å². The first-order chi connectivity index (χ1) is 17.3. The maximum atomic E-state index is 13.0. The third-order valence-corrected chi connectivity index (χ3v) is 5.59. The maximum absolute atomic E-state index is 13.0. The quantitative estimate of drug-likeness (QED) is 0.409. The molecule has 0 unspecified atom stereocenters. The molecule has 1 saturated heterocycles. The molecule has 1 aliphatic rings. The highest BCUT2D eigenvalue weighted by Crippen LogP contribution is 2.31. The Morgan fingerprint density at radius 2 is 1.73 bits per heavy atom. The summed E-state index contributed by atoms with van der Waals surface area (Å²) < 4.78 is 70.6. The van der Waals surface area contributed by atoms with Gasteiger partial charge < -0.3 is 20.2 Å². The fraction of sp³-hybridized carbons (Fsp3) is 0.542. The van der Waals surface area contributed by atoms with Gasteiger partial charge in [-0.1, -0.05) is 12.5 Å². The van der Waals surface area contributed by atoms with Gasteiger partial charge in [-0.15, -0.1) is 0 Å². The van der Waals surface area contributed by atoms with E-state index in [1.165, 1.54) is 38.4 Å². The van der Waals surface area contributed by atoms with Crippen LogP contribution in [0.15, 0.2) is 30.3 Å². The standard InChI is InChI=1S/C22H30F3N5.C2HF3O2/c1-3-30(14-8-13-29-11-5-4-6-12-29)20-15-17(2)26-21(28-20)27-19-10-7-9-18(16-19)22(23,24)25;3-2(4,5)1(6)7/h7,9-10,15-16H,3-6,8,11-14H2,1-2H3,(H,26,27,28);(H,6,7). The van der Waals surface area contributed by atoms with E-state index in [1.54, 1.807) is 6.07 Å². The van der Waals surface area contributed by atoms with Crippen molar-refractivity contribution in [1.82, 2.24) is 14.9 Å². The molecule has 0 amide bonds. The number of likely N-dealkylation sites (tertiary alicyclic amines) is 1. The molecule has 1 aliphatic heterocycles. The van der Waals surface area contributed by atoms with Gasteiger partial charge in [0, 0.05) is 30.5 Å². The molecule has 0 aliphatic carbocycles. The molecule has 0 bridgehead atoms. The summed E-state index contributed by atoms with van der Waals surface area (Å²) in [6, 6.07) is 7.00. The van der Waals surface area contributed by atoms with Crippen molar-refractivity contribution in [2.75, 3.05) is 42.9 Å². The molecule has 7 nitrogen and oxygen atoms in total. The Balaban J connectivity index is 0.000000604. The Morgan fingerprint density at radius 1 is 1.08 bits per heavy atom. The van der Waals surface area contributed by atoms with Gasteiger partial charge in [0.2, 0.25) is 5.95 Å². The smallest absolute Gasteiger partial charge is 0.475 e. The van der Waals surface area contributed by atoms with E-state index < -0.39 is 23.9 Å². The highest BCUT2D eigenvalue weighted by molar-refractivity contribution is 5.73. The first kappa shape index (κ1) is 30.1. The number of alkyl halides is 6. The van der Waals surface area contributed by atoms with Crippen molar-refractivity contribution in [2.24, 2.45) is 0 Å². The molecule has 0 saturated carbocycles. The molecule has 0 spiro atoms. The molecule has 2 aromatic rings. The van der Waals surface area contributed by atoms with E-state index in [1.807, 2.05) is 13.0 Å². The normalized spacial score (nSPS) is 14.5. The first-order valence-electron chi connectivity index (χ1n) is 11.9.